The van der Waals surface area contributed by atoms with Crippen molar-refractivity contribution in [2.45, 2.75) is 86.1 Å². The van der Waals surface area contributed by atoms with Gasteiger partial charge in [-0.15, -0.1) is 0 Å². The number of amides is 1. The van der Waals surface area contributed by atoms with Crippen LogP contribution in [0.3, 0.4) is 0 Å². The van der Waals surface area contributed by atoms with E-state index in [1.54, 1.807) is 18.2 Å². The predicted molar refractivity (Wildman–Crippen MR) is 126 cm³/mol. The zero-order valence-electron chi connectivity index (χ0n) is 18.4. The maximum Gasteiger partial charge on any atom is 0.256 e. The van der Waals surface area contributed by atoms with Crippen LogP contribution in [0.5, 0.6) is 0 Å². The molecule has 1 amide bonds. The average Bonchev–Trinajstić information content (AvgIpc) is 3.12. The van der Waals surface area contributed by atoms with E-state index in [4.69, 9.17) is 0 Å². The van der Waals surface area contributed by atoms with Gasteiger partial charge >= 0.3 is 0 Å². The topological polar surface area (TPSA) is 121 Å². The van der Waals surface area contributed by atoms with Crippen molar-refractivity contribution in [2.24, 2.45) is 0 Å². The van der Waals surface area contributed by atoms with E-state index < -0.39 is 26.0 Å². The van der Waals surface area contributed by atoms with E-state index in [0.717, 1.165) is 64.2 Å². The van der Waals surface area contributed by atoms with Crippen molar-refractivity contribution in [1.82, 2.24) is 9.44 Å². The minimum Gasteiger partial charge on any atom is -0.320 e. The fourth-order valence-corrected chi connectivity index (χ4v) is 8.46. The van der Waals surface area contributed by atoms with Crippen LogP contribution in [0.25, 0.3) is 10.8 Å². The second-order valence-corrected chi connectivity index (χ2v) is 12.7. The molecular formula is C23H29N3O5S2. The summed E-state index contributed by atoms with van der Waals surface area (Å²) in [5, 5.41) is 3.36. The van der Waals surface area contributed by atoms with Crippen molar-refractivity contribution < 1.29 is 21.6 Å². The summed E-state index contributed by atoms with van der Waals surface area (Å²) < 4.78 is 59.4. The SMILES string of the molecule is O=C1Nc2c(S(=O)(=O)NC3CCCCC3)cc(S(=O)(=O)NC3CCCCC3)c3cccc1c23. The summed E-state index contributed by atoms with van der Waals surface area (Å²) in [6, 6.07) is 5.68. The van der Waals surface area contributed by atoms with Crippen LogP contribution in [0, 0.1) is 0 Å². The molecule has 0 saturated heterocycles. The van der Waals surface area contributed by atoms with E-state index in [1.165, 1.54) is 6.07 Å². The second-order valence-electron chi connectivity index (χ2n) is 9.34. The molecule has 1 aliphatic heterocycles. The van der Waals surface area contributed by atoms with E-state index in [1.807, 2.05) is 0 Å². The van der Waals surface area contributed by atoms with E-state index in [-0.39, 0.29) is 33.1 Å². The zero-order valence-corrected chi connectivity index (χ0v) is 20.0. The highest BCUT2D eigenvalue weighted by molar-refractivity contribution is 7.90. The Labute approximate surface area is 194 Å². The molecule has 2 fully saturated rings. The van der Waals surface area contributed by atoms with Gasteiger partial charge in [0.2, 0.25) is 20.0 Å². The molecule has 0 spiro atoms. The van der Waals surface area contributed by atoms with E-state index >= 15 is 0 Å². The average molecular weight is 492 g/mol. The molecule has 178 valence electrons. The van der Waals surface area contributed by atoms with E-state index in [0.29, 0.717) is 10.8 Å². The summed E-state index contributed by atoms with van der Waals surface area (Å²) in [5.74, 6) is -0.431. The van der Waals surface area contributed by atoms with E-state index in [2.05, 4.69) is 14.8 Å². The lowest BCUT2D eigenvalue weighted by atomic mass is 9.96. The molecular weight excluding hydrogens is 462 g/mol. The lowest BCUT2D eigenvalue weighted by Crippen LogP contribution is -2.37. The number of sulfonamides is 2. The van der Waals surface area contributed by atoms with Gasteiger partial charge in [0.05, 0.1) is 10.6 Å². The van der Waals surface area contributed by atoms with Crippen molar-refractivity contribution in [3.8, 4) is 0 Å². The monoisotopic (exact) mass is 491 g/mol. The molecule has 0 aromatic heterocycles. The zero-order chi connectivity index (χ0) is 23.2. The minimum absolute atomic E-state index is 0.103. The fraction of sp³-hybridized carbons (Fsp3) is 0.522. The first kappa shape index (κ1) is 22.8. The molecule has 33 heavy (non-hydrogen) atoms. The molecule has 10 heteroatoms. The molecule has 1 heterocycles. The summed E-state index contributed by atoms with van der Waals surface area (Å²) in [4.78, 5) is 12.3. The normalized spacial score (nSPS) is 20.3. The number of nitrogens with one attached hydrogen (secondary N) is 3. The molecule has 2 aromatic carbocycles. The van der Waals surface area contributed by atoms with Gasteiger partial charge in [0.15, 0.2) is 0 Å². The highest BCUT2D eigenvalue weighted by Gasteiger charge is 2.35. The Kier molecular flexibility index (Phi) is 5.97. The molecule has 8 nitrogen and oxygen atoms in total. The van der Waals surface area contributed by atoms with Crippen LogP contribution in [-0.4, -0.2) is 34.8 Å². The third-order valence-corrected chi connectivity index (χ3v) is 10.1. The van der Waals surface area contributed by atoms with Crippen molar-refractivity contribution in [2.75, 3.05) is 5.32 Å². The van der Waals surface area contributed by atoms with E-state index in [9.17, 15) is 21.6 Å². The number of carbonyl (C=O) groups excluding carboxylic acids is 1. The fourth-order valence-electron chi connectivity index (χ4n) is 5.35. The summed E-state index contributed by atoms with van der Waals surface area (Å²) in [6.07, 6.45) is 8.98. The number of hydrogen-bond donors (Lipinski definition) is 3. The lowest BCUT2D eigenvalue weighted by Gasteiger charge is -2.24. The molecule has 0 bridgehead atoms. The standard InChI is InChI=1S/C23H29N3O5S2/c27-23-18-13-7-12-17-19(32(28,29)25-15-8-3-1-4-9-15)14-20(22(24-23)21(17)18)33(30,31)26-16-10-5-2-6-11-16/h7,12-16,25-26H,1-6,8-11H2,(H,24,27). The van der Waals surface area contributed by atoms with Crippen LogP contribution in [0.15, 0.2) is 34.1 Å². The van der Waals surface area contributed by atoms with Gasteiger partial charge in [-0.3, -0.25) is 4.79 Å². The van der Waals surface area contributed by atoms with Crippen molar-refractivity contribution in [3.05, 3.63) is 29.8 Å². The highest BCUT2D eigenvalue weighted by Crippen LogP contribution is 2.41. The van der Waals surface area contributed by atoms with Gasteiger partial charge in [0.25, 0.3) is 5.91 Å². The van der Waals surface area contributed by atoms with Crippen LogP contribution < -0.4 is 14.8 Å². The minimum atomic E-state index is -4.06. The number of benzene rings is 2. The molecule has 5 rings (SSSR count). The Hall–Kier alpha value is -2.01. The largest absolute Gasteiger partial charge is 0.320 e. The molecule has 3 aliphatic rings. The Morgan fingerprint density at radius 1 is 0.758 bits per heavy atom. The third kappa shape index (κ3) is 4.29. The third-order valence-electron chi connectivity index (χ3n) is 7.00. The van der Waals surface area contributed by atoms with Gasteiger partial charge in [0, 0.05) is 28.4 Å². The van der Waals surface area contributed by atoms with Crippen molar-refractivity contribution >= 4 is 42.4 Å². The van der Waals surface area contributed by atoms with Gasteiger partial charge < -0.3 is 5.32 Å². The van der Waals surface area contributed by atoms with Gasteiger partial charge in [-0.2, -0.15) is 0 Å². The Balaban J connectivity index is 1.64. The first-order chi connectivity index (χ1) is 15.8. The second kappa shape index (κ2) is 8.65. The van der Waals surface area contributed by atoms with Crippen LogP contribution in [0.4, 0.5) is 5.69 Å². The summed E-state index contributed by atoms with van der Waals surface area (Å²) in [7, 11) is -8.06. The highest BCUT2D eigenvalue weighted by atomic mass is 32.2. The maximum atomic E-state index is 13.5. The Morgan fingerprint density at radius 3 is 1.88 bits per heavy atom. The van der Waals surface area contributed by atoms with Gasteiger partial charge in [-0.25, -0.2) is 26.3 Å². The lowest BCUT2D eigenvalue weighted by molar-refractivity contribution is 0.103. The van der Waals surface area contributed by atoms with Crippen molar-refractivity contribution in [3.63, 3.8) is 0 Å². The molecule has 0 atom stereocenters. The maximum absolute atomic E-state index is 13.5. The van der Waals surface area contributed by atoms with Crippen LogP contribution in [0.1, 0.15) is 74.6 Å². The summed E-state index contributed by atoms with van der Waals surface area (Å²) in [6.45, 7) is 0. The summed E-state index contributed by atoms with van der Waals surface area (Å²) >= 11 is 0. The van der Waals surface area contributed by atoms with Crippen LogP contribution >= 0.6 is 0 Å². The number of rotatable bonds is 6. The van der Waals surface area contributed by atoms with Gasteiger partial charge in [-0.05, 0) is 37.8 Å². The number of hydrogen-bond acceptors (Lipinski definition) is 5. The smallest absolute Gasteiger partial charge is 0.256 e. The first-order valence-electron chi connectivity index (χ1n) is 11.7. The summed E-state index contributed by atoms with van der Waals surface area (Å²) in [5.41, 5.74) is 0.442. The van der Waals surface area contributed by atoms with Crippen molar-refractivity contribution in [1.29, 1.82) is 0 Å². The molecule has 0 radical (unpaired) electrons. The molecule has 2 aliphatic carbocycles. The van der Waals surface area contributed by atoms with Crippen LogP contribution in [-0.2, 0) is 20.0 Å². The molecule has 0 unspecified atom stereocenters. The number of carbonyl (C=O) groups is 1. The quantitative estimate of drug-likeness (QED) is 0.570. The molecule has 2 saturated carbocycles. The van der Waals surface area contributed by atoms with Crippen LogP contribution in [0.2, 0.25) is 0 Å². The van der Waals surface area contributed by atoms with Gasteiger partial charge in [0.1, 0.15) is 4.90 Å². The molecule has 3 N–H and O–H groups in total. The first-order valence-corrected chi connectivity index (χ1v) is 14.7. The molecule has 2 aromatic rings. The number of anilines is 1. The Morgan fingerprint density at radius 2 is 1.30 bits per heavy atom. The Bertz CT molecular complexity index is 1310. The van der Waals surface area contributed by atoms with Gasteiger partial charge in [-0.1, -0.05) is 50.7 Å². The predicted octanol–water partition coefficient (Wildman–Crippen LogP) is 3.63.